The number of imidazole rings is 1. The van der Waals surface area contributed by atoms with Gasteiger partial charge in [-0.2, -0.15) is 13.5 Å². The normalized spacial score (nSPS) is 14.6. The number of anilines is 1. The number of rotatable bonds is 4. The smallest absolute Gasteiger partial charge is 0.283 e. The zero-order valence-electron chi connectivity index (χ0n) is 15.1. The molecule has 0 unspecified atom stereocenters. The van der Waals surface area contributed by atoms with Crippen molar-refractivity contribution in [2.45, 2.75) is 17.9 Å². The SMILES string of the molecule is CN(c1ccc2c(c1)C(=NN=C(N)N)CC2)S(=O)(=O)c1c(Cl)nc2sccn12.Cl. The van der Waals surface area contributed by atoms with Crippen LogP contribution in [-0.2, 0) is 16.4 Å². The van der Waals surface area contributed by atoms with Gasteiger partial charge in [0.05, 0.1) is 11.4 Å². The van der Waals surface area contributed by atoms with Crippen LogP contribution >= 0.6 is 35.3 Å². The first-order chi connectivity index (χ1) is 13.3. The summed E-state index contributed by atoms with van der Waals surface area (Å²) in [4.78, 5) is 4.62. The molecule has 13 heteroatoms. The molecule has 4 rings (SSSR count). The van der Waals surface area contributed by atoms with Gasteiger partial charge >= 0.3 is 0 Å². The summed E-state index contributed by atoms with van der Waals surface area (Å²) in [6.07, 6.45) is 3.09. The third-order valence-corrected chi connectivity index (χ3v) is 7.41. The van der Waals surface area contributed by atoms with Crippen LogP contribution in [0.1, 0.15) is 17.5 Å². The van der Waals surface area contributed by atoms with Gasteiger partial charge in [0.1, 0.15) is 0 Å². The molecule has 3 aromatic rings. The minimum Gasteiger partial charge on any atom is -0.369 e. The summed E-state index contributed by atoms with van der Waals surface area (Å²) in [5, 5.41) is 9.41. The number of benzene rings is 1. The summed E-state index contributed by atoms with van der Waals surface area (Å²) < 4.78 is 29.1. The molecule has 0 aliphatic heterocycles. The Morgan fingerprint density at radius 2 is 2.10 bits per heavy atom. The topological polar surface area (TPSA) is 131 Å². The van der Waals surface area contributed by atoms with E-state index in [-0.39, 0.29) is 28.5 Å². The first kappa shape index (κ1) is 21.4. The molecule has 0 radical (unpaired) electrons. The van der Waals surface area contributed by atoms with Gasteiger partial charge in [-0.1, -0.05) is 17.7 Å². The molecule has 2 aromatic heterocycles. The molecule has 0 saturated heterocycles. The van der Waals surface area contributed by atoms with Crippen molar-refractivity contribution in [2.24, 2.45) is 21.7 Å². The van der Waals surface area contributed by atoms with Crippen molar-refractivity contribution in [1.29, 1.82) is 0 Å². The molecule has 1 aromatic carbocycles. The lowest BCUT2D eigenvalue weighted by Crippen LogP contribution is -2.28. The Labute approximate surface area is 182 Å². The Hall–Kier alpha value is -2.34. The number of aryl methyl sites for hydroxylation is 1. The second-order valence-electron chi connectivity index (χ2n) is 6.15. The van der Waals surface area contributed by atoms with E-state index >= 15 is 0 Å². The lowest BCUT2D eigenvalue weighted by Gasteiger charge is -2.20. The lowest BCUT2D eigenvalue weighted by molar-refractivity contribution is 0.590. The van der Waals surface area contributed by atoms with Gasteiger partial charge in [-0.3, -0.25) is 8.71 Å². The number of aromatic nitrogens is 2. The van der Waals surface area contributed by atoms with E-state index in [0.29, 0.717) is 22.8 Å². The number of thiazole rings is 1. The summed E-state index contributed by atoms with van der Waals surface area (Å²) in [5.74, 6) is -0.132. The molecule has 29 heavy (non-hydrogen) atoms. The highest BCUT2D eigenvalue weighted by Gasteiger charge is 2.30. The van der Waals surface area contributed by atoms with Gasteiger partial charge in [0.25, 0.3) is 10.0 Å². The molecule has 154 valence electrons. The van der Waals surface area contributed by atoms with Crippen molar-refractivity contribution < 1.29 is 8.42 Å². The van der Waals surface area contributed by atoms with E-state index in [2.05, 4.69) is 15.2 Å². The monoisotopic (exact) mass is 473 g/mol. The number of nitrogens with zero attached hydrogens (tertiary/aromatic N) is 5. The molecule has 0 atom stereocenters. The average molecular weight is 474 g/mol. The van der Waals surface area contributed by atoms with E-state index in [1.54, 1.807) is 23.7 Å². The van der Waals surface area contributed by atoms with E-state index in [0.717, 1.165) is 17.5 Å². The Morgan fingerprint density at radius 3 is 2.83 bits per heavy atom. The summed E-state index contributed by atoms with van der Waals surface area (Å²) in [7, 11) is -2.46. The van der Waals surface area contributed by atoms with Crippen LogP contribution in [0.3, 0.4) is 0 Å². The van der Waals surface area contributed by atoms with Gasteiger partial charge in [0.2, 0.25) is 5.96 Å². The molecular weight excluding hydrogens is 457 g/mol. The number of guanidine groups is 1. The number of nitrogens with two attached hydrogens (primary N) is 2. The van der Waals surface area contributed by atoms with Gasteiger partial charge in [0, 0.05) is 24.2 Å². The molecule has 1 aliphatic carbocycles. The fourth-order valence-corrected chi connectivity index (χ4v) is 5.68. The maximum absolute atomic E-state index is 13.2. The van der Waals surface area contributed by atoms with Gasteiger partial charge in [-0.15, -0.1) is 28.8 Å². The highest BCUT2D eigenvalue weighted by atomic mass is 35.5. The van der Waals surface area contributed by atoms with Crippen LogP contribution in [-0.4, -0.2) is 36.5 Å². The zero-order valence-corrected chi connectivity index (χ0v) is 18.3. The third-order valence-electron chi connectivity index (χ3n) is 4.47. The van der Waals surface area contributed by atoms with Crippen molar-refractivity contribution in [1.82, 2.24) is 9.38 Å². The summed E-state index contributed by atoms with van der Waals surface area (Å²) in [6.45, 7) is 0. The van der Waals surface area contributed by atoms with E-state index in [9.17, 15) is 8.42 Å². The quantitative estimate of drug-likeness (QED) is 0.340. The maximum atomic E-state index is 13.2. The van der Waals surface area contributed by atoms with Gasteiger partial charge < -0.3 is 11.5 Å². The fourth-order valence-electron chi connectivity index (χ4n) is 3.09. The molecule has 0 bridgehead atoms. The molecule has 0 fully saturated rings. The van der Waals surface area contributed by atoms with Crippen molar-refractivity contribution in [2.75, 3.05) is 11.4 Å². The van der Waals surface area contributed by atoms with E-state index < -0.39 is 10.0 Å². The van der Waals surface area contributed by atoms with E-state index in [1.165, 1.54) is 27.1 Å². The molecule has 9 nitrogen and oxygen atoms in total. The van der Waals surface area contributed by atoms with Crippen LogP contribution in [0.5, 0.6) is 0 Å². The second kappa shape index (κ2) is 7.82. The average Bonchev–Trinajstić information content (AvgIpc) is 3.32. The maximum Gasteiger partial charge on any atom is 0.283 e. The van der Waals surface area contributed by atoms with Crippen molar-refractivity contribution in [3.05, 3.63) is 46.1 Å². The Balaban J connectivity index is 0.00000240. The van der Waals surface area contributed by atoms with Crippen LogP contribution < -0.4 is 15.8 Å². The molecule has 1 aliphatic rings. The molecular formula is C16H17Cl2N7O2S2. The Bertz CT molecular complexity index is 1240. The Morgan fingerprint density at radius 1 is 1.34 bits per heavy atom. The standard InChI is InChI=1S/C16H16ClN7O2S2.ClH/c1-23(28(25,26)14-13(17)20-16-24(14)6-7-27-16)10-4-2-9-3-5-12(11(9)8-10)21-22-15(18)19;/h2,4,6-8H,3,5H2,1H3,(H4,18,19,22);1H. The molecule has 0 spiro atoms. The minimum atomic E-state index is -3.94. The van der Waals surface area contributed by atoms with Gasteiger partial charge in [0.15, 0.2) is 15.1 Å². The van der Waals surface area contributed by atoms with Gasteiger partial charge in [-0.05, 0) is 30.5 Å². The van der Waals surface area contributed by atoms with Crippen LogP contribution in [0, 0.1) is 0 Å². The molecule has 0 saturated carbocycles. The van der Waals surface area contributed by atoms with Crippen molar-refractivity contribution >= 4 is 67.7 Å². The van der Waals surface area contributed by atoms with E-state index in [1.807, 2.05) is 6.07 Å². The second-order valence-corrected chi connectivity index (χ2v) is 9.26. The summed E-state index contributed by atoms with van der Waals surface area (Å²) in [6, 6.07) is 5.40. The highest BCUT2D eigenvalue weighted by Crippen LogP contribution is 2.32. The van der Waals surface area contributed by atoms with Crippen LogP contribution in [0.25, 0.3) is 4.96 Å². The number of hydrogen-bond acceptors (Lipinski definition) is 6. The highest BCUT2D eigenvalue weighted by molar-refractivity contribution is 7.92. The fraction of sp³-hybridized carbons (Fsp3) is 0.188. The minimum absolute atomic E-state index is 0. The first-order valence-corrected chi connectivity index (χ1v) is 10.9. The van der Waals surface area contributed by atoms with Crippen molar-refractivity contribution in [3.8, 4) is 0 Å². The predicted octanol–water partition coefficient (Wildman–Crippen LogP) is 2.22. The van der Waals surface area contributed by atoms with Crippen LogP contribution in [0.4, 0.5) is 5.69 Å². The molecule has 2 heterocycles. The van der Waals surface area contributed by atoms with Gasteiger partial charge in [-0.25, -0.2) is 4.98 Å². The largest absolute Gasteiger partial charge is 0.369 e. The number of halogens is 2. The summed E-state index contributed by atoms with van der Waals surface area (Å²) >= 11 is 7.43. The first-order valence-electron chi connectivity index (χ1n) is 8.18. The zero-order chi connectivity index (χ0) is 20.1. The van der Waals surface area contributed by atoms with Crippen LogP contribution in [0.2, 0.25) is 5.15 Å². The summed E-state index contributed by atoms with van der Waals surface area (Å²) in [5.41, 5.74) is 13.7. The van der Waals surface area contributed by atoms with Crippen molar-refractivity contribution in [3.63, 3.8) is 0 Å². The number of hydrogen-bond donors (Lipinski definition) is 2. The predicted molar refractivity (Wildman–Crippen MR) is 118 cm³/mol. The third kappa shape index (κ3) is 3.66. The molecule has 0 amide bonds. The molecule has 4 N–H and O–H groups in total. The Kier molecular flexibility index (Phi) is 5.77. The number of fused-ring (bicyclic) bond motifs is 2. The lowest BCUT2D eigenvalue weighted by atomic mass is 10.1. The number of sulfonamides is 1. The van der Waals surface area contributed by atoms with Crippen LogP contribution in [0.15, 0.2) is 45.0 Å². The van der Waals surface area contributed by atoms with E-state index in [4.69, 9.17) is 23.1 Å².